The molecule has 7 heteroatoms. The van der Waals surface area contributed by atoms with Gasteiger partial charge in [0.2, 0.25) is 10.0 Å². The van der Waals surface area contributed by atoms with Crippen LogP contribution in [0, 0.1) is 5.92 Å². The quantitative estimate of drug-likeness (QED) is 0.796. The molecular weight excluding hydrogens is 350 g/mol. The number of sulfonamides is 1. The Labute approximate surface area is 148 Å². The van der Waals surface area contributed by atoms with E-state index in [4.69, 9.17) is 21.1 Å². The lowest BCUT2D eigenvalue weighted by Crippen LogP contribution is -2.49. The van der Waals surface area contributed by atoms with Crippen LogP contribution in [0.25, 0.3) is 0 Å². The molecule has 2 fully saturated rings. The third-order valence-corrected chi connectivity index (χ3v) is 7.40. The lowest BCUT2D eigenvalue weighted by molar-refractivity contribution is -0.0603. The van der Waals surface area contributed by atoms with Crippen LogP contribution in [-0.4, -0.2) is 51.7 Å². The van der Waals surface area contributed by atoms with Gasteiger partial charge in [0.15, 0.2) is 0 Å². The predicted octanol–water partition coefficient (Wildman–Crippen LogP) is 2.94. The van der Waals surface area contributed by atoms with Crippen LogP contribution in [-0.2, 0) is 19.5 Å². The van der Waals surface area contributed by atoms with Crippen molar-refractivity contribution in [1.29, 1.82) is 0 Å². The largest absolute Gasteiger partial charge is 0.385 e. The van der Waals surface area contributed by atoms with E-state index in [1.807, 2.05) is 0 Å². The summed E-state index contributed by atoms with van der Waals surface area (Å²) in [5.74, 6) is 0.452. The van der Waals surface area contributed by atoms with E-state index in [9.17, 15) is 8.42 Å². The molecule has 2 saturated heterocycles. The third kappa shape index (κ3) is 3.48. The Bertz CT molecular complexity index is 671. The Morgan fingerprint density at radius 2 is 2.12 bits per heavy atom. The van der Waals surface area contributed by atoms with Gasteiger partial charge in [0.1, 0.15) is 0 Å². The summed E-state index contributed by atoms with van der Waals surface area (Å²) in [6.45, 7) is 2.45. The monoisotopic (exact) mass is 373 g/mol. The number of halogens is 1. The molecular formula is C17H24ClNO4S. The molecule has 1 atom stereocenters. The normalized spacial score (nSPS) is 24.5. The topological polar surface area (TPSA) is 55.8 Å². The minimum absolute atomic E-state index is 0.182. The van der Waals surface area contributed by atoms with Crippen molar-refractivity contribution < 1.29 is 17.9 Å². The minimum Gasteiger partial charge on any atom is -0.385 e. The lowest BCUT2D eigenvalue weighted by atomic mass is 9.78. The molecule has 24 heavy (non-hydrogen) atoms. The van der Waals surface area contributed by atoms with Crippen molar-refractivity contribution in [2.45, 2.75) is 36.2 Å². The number of methoxy groups -OCH3 is 1. The molecule has 2 heterocycles. The first-order valence-electron chi connectivity index (χ1n) is 8.36. The molecule has 0 radical (unpaired) electrons. The third-order valence-electron chi connectivity index (χ3n) is 5.27. The van der Waals surface area contributed by atoms with Crippen molar-refractivity contribution in [3.05, 3.63) is 29.3 Å². The predicted molar refractivity (Wildman–Crippen MR) is 92.7 cm³/mol. The van der Waals surface area contributed by atoms with Gasteiger partial charge >= 0.3 is 0 Å². The maximum absolute atomic E-state index is 12.8. The summed E-state index contributed by atoms with van der Waals surface area (Å²) in [6.07, 6.45) is 3.48. The molecule has 0 aromatic heterocycles. The summed E-state index contributed by atoms with van der Waals surface area (Å²) in [6, 6.07) is 6.45. The molecule has 3 rings (SSSR count). The van der Waals surface area contributed by atoms with Crippen LogP contribution in [0.4, 0.5) is 0 Å². The highest BCUT2D eigenvalue weighted by Crippen LogP contribution is 2.43. The molecule has 1 aromatic rings. The second-order valence-corrected chi connectivity index (χ2v) is 8.92. The summed E-state index contributed by atoms with van der Waals surface area (Å²) < 4.78 is 38.4. The molecule has 1 aromatic carbocycles. The minimum atomic E-state index is -3.50. The maximum atomic E-state index is 12.8. The first-order chi connectivity index (χ1) is 11.5. The van der Waals surface area contributed by atoms with Crippen LogP contribution in [0.1, 0.15) is 25.7 Å². The summed E-state index contributed by atoms with van der Waals surface area (Å²) in [5.41, 5.74) is -0.182. The van der Waals surface area contributed by atoms with Gasteiger partial charge in [-0.25, -0.2) is 8.42 Å². The number of ether oxygens (including phenoxy) is 2. The van der Waals surface area contributed by atoms with Gasteiger partial charge in [-0.15, -0.1) is 0 Å². The first-order valence-corrected chi connectivity index (χ1v) is 10.2. The van der Waals surface area contributed by atoms with Crippen molar-refractivity contribution in [2.75, 3.05) is 33.4 Å². The number of piperidine rings is 1. The lowest BCUT2D eigenvalue weighted by Gasteiger charge is -2.41. The average molecular weight is 374 g/mol. The molecule has 0 bridgehead atoms. The standard InChI is InChI=1S/C17H24ClNO4S/c1-22-11-5-14-6-12-23-17(14)7-9-19(10-8-17)24(20,21)16-4-2-3-15(18)13-16/h2-4,13-14H,5-12H2,1H3/t14-/m0/s1. The molecule has 134 valence electrons. The Morgan fingerprint density at radius 1 is 1.38 bits per heavy atom. The highest BCUT2D eigenvalue weighted by molar-refractivity contribution is 7.89. The molecule has 0 unspecified atom stereocenters. The van der Waals surface area contributed by atoms with E-state index >= 15 is 0 Å². The van der Waals surface area contributed by atoms with Gasteiger partial charge in [-0.3, -0.25) is 0 Å². The highest BCUT2D eigenvalue weighted by Gasteiger charge is 2.47. The highest BCUT2D eigenvalue weighted by atomic mass is 35.5. The summed E-state index contributed by atoms with van der Waals surface area (Å²) in [5, 5.41) is 0.434. The maximum Gasteiger partial charge on any atom is 0.243 e. The van der Waals surface area contributed by atoms with Gasteiger partial charge in [-0.05, 0) is 49.8 Å². The summed E-state index contributed by atoms with van der Waals surface area (Å²) in [7, 11) is -1.79. The summed E-state index contributed by atoms with van der Waals surface area (Å²) in [4.78, 5) is 0.259. The number of rotatable bonds is 5. The van der Waals surface area contributed by atoms with Crippen LogP contribution >= 0.6 is 11.6 Å². The van der Waals surface area contributed by atoms with Crippen molar-refractivity contribution in [3.63, 3.8) is 0 Å². The Balaban J connectivity index is 1.70. The van der Waals surface area contributed by atoms with Crippen molar-refractivity contribution in [1.82, 2.24) is 4.31 Å². The Morgan fingerprint density at radius 3 is 2.79 bits per heavy atom. The van der Waals surface area contributed by atoms with E-state index in [2.05, 4.69) is 0 Å². The van der Waals surface area contributed by atoms with Crippen molar-refractivity contribution >= 4 is 21.6 Å². The smallest absolute Gasteiger partial charge is 0.243 e. The van der Waals surface area contributed by atoms with Gasteiger partial charge < -0.3 is 9.47 Å². The van der Waals surface area contributed by atoms with Crippen LogP contribution in [0.15, 0.2) is 29.2 Å². The first kappa shape index (κ1) is 18.1. The Hall–Kier alpha value is -0.660. The number of hydrogen-bond donors (Lipinski definition) is 0. The molecule has 5 nitrogen and oxygen atoms in total. The van der Waals surface area contributed by atoms with Crippen LogP contribution < -0.4 is 0 Å². The van der Waals surface area contributed by atoms with Crippen molar-refractivity contribution in [3.8, 4) is 0 Å². The SMILES string of the molecule is COCC[C@H]1CCOC12CCN(S(=O)(=O)c1cccc(Cl)c1)CC2. The van der Waals surface area contributed by atoms with E-state index in [0.717, 1.165) is 38.9 Å². The zero-order valence-corrected chi connectivity index (χ0v) is 15.5. The fourth-order valence-electron chi connectivity index (χ4n) is 3.89. The van der Waals surface area contributed by atoms with Crippen molar-refractivity contribution in [2.24, 2.45) is 5.92 Å². The molecule has 1 spiro atoms. The number of hydrogen-bond acceptors (Lipinski definition) is 4. The second-order valence-electron chi connectivity index (χ2n) is 6.54. The van der Waals surface area contributed by atoms with Crippen LogP contribution in [0.2, 0.25) is 5.02 Å². The van der Waals surface area contributed by atoms with Gasteiger partial charge in [-0.2, -0.15) is 4.31 Å². The van der Waals surface area contributed by atoms with Gasteiger partial charge in [0, 0.05) is 38.4 Å². The van der Waals surface area contributed by atoms with E-state index < -0.39 is 10.0 Å². The van der Waals surface area contributed by atoms with Gasteiger partial charge in [-0.1, -0.05) is 17.7 Å². The van der Waals surface area contributed by atoms with Crippen LogP contribution in [0.5, 0.6) is 0 Å². The van der Waals surface area contributed by atoms with Gasteiger partial charge in [0.25, 0.3) is 0 Å². The van der Waals surface area contributed by atoms with E-state index in [1.54, 1.807) is 29.6 Å². The average Bonchev–Trinajstić information content (AvgIpc) is 2.95. The molecule has 0 amide bonds. The second kappa shape index (κ2) is 7.30. The van der Waals surface area contributed by atoms with E-state index in [1.165, 1.54) is 6.07 Å². The zero-order valence-electron chi connectivity index (χ0n) is 13.9. The summed E-state index contributed by atoms with van der Waals surface area (Å²) >= 11 is 5.94. The zero-order chi connectivity index (χ0) is 17.2. The molecule has 2 aliphatic rings. The Kier molecular flexibility index (Phi) is 5.52. The molecule has 0 saturated carbocycles. The molecule has 0 N–H and O–H groups in total. The fraction of sp³-hybridized carbons (Fsp3) is 0.647. The molecule has 0 aliphatic carbocycles. The number of nitrogens with zero attached hydrogens (tertiary/aromatic N) is 1. The van der Waals surface area contributed by atoms with E-state index in [-0.39, 0.29) is 10.5 Å². The van der Waals surface area contributed by atoms with Crippen LogP contribution in [0.3, 0.4) is 0 Å². The molecule has 2 aliphatic heterocycles. The van der Waals surface area contributed by atoms with Gasteiger partial charge in [0.05, 0.1) is 10.5 Å². The number of benzene rings is 1. The van der Waals surface area contributed by atoms with E-state index in [0.29, 0.717) is 24.0 Å². The fourth-order valence-corrected chi connectivity index (χ4v) is 5.63.